The maximum atomic E-state index is 11.6. The molecule has 0 aliphatic carbocycles. The predicted molar refractivity (Wildman–Crippen MR) is 51.9 cm³/mol. The Kier molecular flexibility index (Phi) is 2.85. The number of hydrogen-bond acceptors (Lipinski definition) is 4. The van der Waals surface area contributed by atoms with Crippen molar-refractivity contribution in [3.05, 3.63) is 34.7 Å². The molecule has 0 atom stereocenters. The topological polar surface area (TPSA) is 66.8 Å². The predicted octanol–water partition coefficient (Wildman–Crippen LogP) is 1.30. The average molecular weight is 214 g/mol. The van der Waals surface area contributed by atoms with Crippen molar-refractivity contribution in [2.75, 3.05) is 7.05 Å². The first-order chi connectivity index (χ1) is 6.50. The Hall–Kier alpha value is -1.43. The number of sulfonamides is 1. The summed E-state index contributed by atoms with van der Waals surface area (Å²) >= 11 is 0. The molecule has 0 heterocycles. The third-order valence-corrected chi connectivity index (χ3v) is 3.61. The van der Waals surface area contributed by atoms with Crippen LogP contribution in [0.3, 0.4) is 0 Å². The van der Waals surface area contributed by atoms with Crippen LogP contribution < -0.4 is 0 Å². The summed E-state index contributed by atoms with van der Waals surface area (Å²) in [5.74, 6) is 0. The molecule has 1 aromatic rings. The smallest absolute Gasteiger partial charge is 0.200 e. The summed E-state index contributed by atoms with van der Waals surface area (Å²) in [7, 11) is -2.66. The van der Waals surface area contributed by atoms with E-state index in [1.165, 1.54) is 6.07 Å². The highest BCUT2D eigenvalue weighted by Gasteiger charge is 2.21. The number of benzene rings is 1. The van der Waals surface area contributed by atoms with Gasteiger partial charge < -0.3 is 0 Å². The van der Waals surface area contributed by atoms with Crippen LogP contribution in [0.15, 0.2) is 34.4 Å². The van der Waals surface area contributed by atoms with Crippen LogP contribution in [0, 0.1) is 11.8 Å². The number of rotatable bonds is 3. The van der Waals surface area contributed by atoms with Crippen molar-refractivity contribution < 1.29 is 8.42 Å². The van der Waals surface area contributed by atoms with Gasteiger partial charge >= 0.3 is 0 Å². The van der Waals surface area contributed by atoms with Gasteiger partial charge in [0.15, 0.2) is 0 Å². The van der Waals surface area contributed by atoms with Gasteiger partial charge in [0.25, 0.3) is 10.0 Å². The Morgan fingerprint density at radius 2 is 1.86 bits per heavy atom. The highest BCUT2D eigenvalue weighted by atomic mass is 32.2. The van der Waals surface area contributed by atoms with Crippen LogP contribution in [0.2, 0.25) is 0 Å². The van der Waals surface area contributed by atoms with Crippen LogP contribution in [-0.4, -0.2) is 19.9 Å². The lowest BCUT2D eigenvalue weighted by atomic mass is 10.2. The zero-order valence-corrected chi connectivity index (χ0v) is 8.65. The number of aryl methyl sites for hydroxylation is 1. The molecule has 0 bridgehead atoms. The van der Waals surface area contributed by atoms with Crippen molar-refractivity contribution in [3.8, 4) is 0 Å². The van der Waals surface area contributed by atoms with Crippen molar-refractivity contribution in [2.45, 2.75) is 11.8 Å². The molecular formula is C8H10N2O3S. The van der Waals surface area contributed by atoms with Crippen molar-refractivity contribution in [1.82, 2.24) is 4.41 Å². The van der Waals surface area contributed by atoms with E-state index >= 15 is 0 Å². The lowest BCUT2D eigenvalue weighted by Gasteiger charge is -2.11. The largest absolute Gasteiger partial charge is 0.281 e. The molecule has 0 aliphatic heterocycles. The second-order valence-electron chi connectivity index (χ2n) is 2.79. The van der Waals surface area contributed by atoms with Crippen LogP contribution >= 0.6 is 0 Å². The first kappa shape index (κ1) is 10.6. The van der Waals surface area contributed by atoms with Gasteiger partial charge in [-0.2, -0.15) is 12.8 Å². The summed E-state index contributed by atoms with van der Waals surface area (Å²) in [6.07, 6.45) is 0. The molecule has 0 aromatic heterocycles. The summed E-state index contributed by atoms with van der Waals surface area (Å²) in [5, 5.41) is 2.37. The lowest BCUT2D eigenvalue weighted by molar-refractivity contribution is 0.485. The fourth-order valence-corrected chi connectivity index (χ4v) is 2.13. The summed E-state index contributed by atoms with van der Waals surface area (Å²) in [5.41, 5.74) is 0.586. The minimum atomic E-state index is -3.77. The molecule has 0 saturated heterocycles. The van der Waals surface area contributed by atoms with Crippen LogP contribution in [0.25, 0.3) is 0 Å². The molecule has 0 radical (unpaired) electrons. The molecule has 0 spiro atoms. The molecule has 0 saturated carbocycles. The van der Waals surface area contributed by atoms with Crippen molar-refractivity contribution in [1.29, 1.82) is 0 Å². The zero-order valence-electron chi connectivity index (χ0n) is 7.84. The third kappa shape index (κ3) is 1.74. The summed E-state index contributed by atoms with van der Waals surface area (Å²) in [6.45, 7) is 1.66. The molecule has 0 N–H and O–H groups in total. The van der Waals surface area contributed by atoms with Gasteiger partial charge in [0.1, 0.15) is 0 Å². The summed E-state index contributed by atoms with van der Waals surface area (Å²) < 4.78 is 23.6. The monoisotopic (exact) mass is 214 g/mol. The highest BCUT2D eigenvalue weighted by Crippen LogP contribution is 2.17. The standard InChI is InChI=1S/C8H10N2O3S/c1-7-5-3-4-6-8(7)14(12,13)10(2)9-11/h3-6H,1-2H3. The number of hydrogen-bond donors (Lipinski definition) is 0. The van der Waals surface area contributed by atoms with Gasteiger partial charge in [0.05, 0.1) is 10.2 Å². The van der Waals surface area contributed by atoms with Crippen molar-refractivity contribution >= 4 is 10.0 Å². The van der Waals surface area contributed by atoms with Crippen LogP contribution in [0.1, 0.15) is 5.56 Å². The summed E-state index contributed by atoms with van der Waals surface area (Å²) in [4.78, 5) is 10.2. The van der Waals surface area contributed by atoms with E-state index in [1.807, 2.05) is 0 Å². The zero-order chi connectivity index (χ0) is 10.8. The van der Waals surface area contributed by atoms with E-state index in [0.29, 0.717) is 9.98 Å². The van der Waals surface area contributed by atoms with Crippen molar-refractivity contribution in [2.24, 2.45) is 5.29 Å². The molecule has 0 aliphatic rings. The normalized spacial score (nSPS) is 11.0. The molecule has 0 amide bonds. The van der Waals surface area contributed by atoms with Gasteiger partial charge in [-0.3, -0.25) is 0 Å². The molecular weight excluding hydrogens is 204 g/mol. The first-order valence-corrected chi connectivity index (χ1v) is 5.32. The Morgan fingerprint density at radius 1 is 1.29 bits per heavy atom. The maximum absolute atomic E-state index is 11.6. The van der Waals surface area contributed by atoms with E-state index in [-0.39, 0.29) is 4.90 Å². The lowest BCUT2D eigenvalue weighted by Crippen LogP contribution is -2.21. The SMILES string of the molecule is Cc1ccccc1S(=O)(=O)N(C)N=O. The Labute approximate surface area is 82.3 Å². The van der Waals surface area contributed by atoms with E-state index in [9.17, 15) is 13.3 Å². The van der Waals surface area contributed by atoms with E-state index in [4.69, 9.17) is 0 Å². The molecule has 5 nitrogen and oxygen atoms in total. The first-order valence-electron chi connectivity index (χ1n) is 3.88. The Bertz CT molecular complexity index is 442. The van der Waals surface area contributed by atoms with E-state index in [2.05, 4.69) is 5.29 Å². The van der Waals surface area contributed by atoms with Crippen molar-refractivity contribution in [3.63, 3.8) is 0 Å². The molecule has 0 unspecified atom stereocenters. The van der Waals surface area contributed by atoms with Gasteiger partial charge in [-0.1, -0.05) is 18.2 Å². The number of nitroso groups, excluding NO2 is 1. The van der Waals surface area contributed by atoms with Gasteiger partial charge in [0, 0.05) is 7.05 Å². The average Bonchev–Trinajstić information content (AvgIpc) is 2.17. The van der Waals surface area contributed by atoms with Gasteiger partial charge in [0.2, 0.25) is 0 Å². The fourth-order valence-electron chi connectivity index (χ4n) is 1.03. The number of nitrogens with zero attached hydrogens (tertiary/aromatic N) is 2. The fraction of sp³-hybridized carbons (Fsp3) is 0.250. The minimum absolute atomic E-state index is 0.0992. The molecule has 0 fully saturated rings. The van der Waals surface area contributed by atoms with Gasteiger partial charge in [-0.05, 0) is 18.6 Å². The second-order valence-corrected chi connectivity index (χ2v) is 4.70. The third-order valence-electron chi connectivity index (χ3n) is 1.83. The van der Waals surface area contributed by atoms with Gasteiger partial charge in [-0.25, -0.2) is 0 Å². The summed E-state index contributed by atoms with van der Waals surface area (Å²) in [6, 6.07) is 6.42. The quantitative estimate of drug-likeness (QED) is 0.562. The molecule has 14 heavy (non-hydrogen) atoms. The van der Waals surface area contributed by atoms with Crippen LogP contribution in [0.5, 0.6) is 0 Å². The van der Waals surface area contributed by atoms with E-state index in [1.54, 1.807) is 25.1 Å². The molecule has 6 heteroatoms. The second kappa shape index (κ2) is 3.75. The molecule has 76 valence electrons. The van der Waals surface area contributed by atoms with E-state index in [0.717, 1.165) is 7.05 Å². The van der Waals surface area contributed by atoms with Gasteiger partial charge in [-0.15, -0.1) is 4.91 Å². The Morgan fingerprint density at radius 3 is 2.36 bits per heavy atom. The molecule has 1 aromatic carbocycles. The highest BCUT2D eigenvalue weighted by molar-refractivity contribution is 7.89. The van der Waals surface area contributed by atoms with Crippen LogP contribution in [-0.2, 0) is 10.0 Å². The van der Waals surface area contributed by atoms with E-state index < -0.39 is 10.0 Å². The molecule has 1 rings (SSSR count). The Balaban J connectivity index is 3.31. The van der Waals surface area contributed by atoms with Crippen LogP contribution in [0.4, 0.5) is 0 Å². The minimum Gasteiger partial charge on any atom is -0.200 e. The maximum Gasteiger partial charge on any atom is 0.281 e.